The normalized spacial score (nSPS) is 10.2. The zero-order valence-electron chi connectivity index (χ0n) is 9.22. The quantitative estimate of drug-likeness (QED) is 0.655. The number of rotatable bonds is 5. The Hall–Kier alpha value is -0.900. The predicted octanol–water partition coefficient (Wildman–Crippen LogP) is 3.04. The average Bonchev–Trinajstić information content (AvgIpc) is 2.28. The SMILES string of the molecule is Cc1cccc(C(=O)NCCCCBr)c1F. The third-order valence-corrected chi connectivity index (χ3v) is 2.84. The topological polar surface area (TPSA) is 29.1 Å². The third kappa shape index (κ3) is 3.59. The van der Waals surface area contributed by atoms with Gasteiger partial charge in [-0.1, -0.05) is 28.1 Å². The van der Waals surface area contributed by atoms with Crippen LogP contribution in [0.15, 0.2) is 18.2 Å². The first kappa shape index (κ1) is 13.2. The molecule has 2 nitrogen and oxygen atoms in total. The van der Waals surface area contributed by atoms with Gasteiger partial charge in [0.15, 0.2) is 0 Å². The first-order chi connectivity index (χ1) is 7.66. The molecule has 0 aliphatic carbocycles. The van der Waals surface area contributed by atoms with Crippen LogP contribution in [0.3, 0.4) is 0 Å². The number of carbonyl (C=O) groups excluding carboxylic acids is 1. The standard InChI is InChI=1S/C12H15BrFNO/c1-9-5-4-6-10(11(9)14)12(16)15-8-3-2-7-13/h4-6H,2-3,7-8H2,1H3,(H,15,16). The number of hydrogen-bond acceptors (Lipinski definition) is 1. The summed E-state index contributed by atoms with van der Waals surface area (Å²) < 4.78 is 13.6. The van der Waals surface area contributed by atoms with Crippen LogP contribution in [0.5, 0.6) is 0 Å². The molecule has 0 saturated heterocycles. The number of alkyl halides is 1. The lowest BCUT2D eigenvalue weighted by Crippen LogP contribution is -2.25. The highest BCUT2D eigenvalue weighted by molar-refractivity contribution is 9.09. The van der Waals surface area contributed by atoms with Crippen molar-refractivity contribution >= 4 is 21.8 Å². The molecule has 1 N–H and O–H groups in total. The van der Waals surface area contributed by atoms with Crippen molar-refractivity contribution in [2.24, 2.45) is 0 Å². The van der Waals surface area contributed by atoms with Gasteiger partial charge in [0.05, 0.1) is 5.56 Å². The maximum Gasteiger partial charge on any atom is 0.254 e. The lowest BCUT2D eigenvalue weighted by Gasteiger charge is -2.06. The minimum atomic E-state index is -0.430. The molecule has 0 heterocycles. The van der Waals surface area contributed by atoms with Crippen LogP contribution >= 0.6 is 15.9 Å². The molecule has 0 aliphatic rings. The van der Waals surface area contributed by atoms with Gasteiger partial charge >= 0.3 is 0 Å². The molecule has 0 unspecified atom stereocenters. The van der Waals surface area contributed by atoms with E-state index in [2.05, 4.69) is 21.2 Å². The fourth-order valence-electron chi connectivity index (χ4n) is 1.34. The molecule has 88 valence electrons. The van der Waals surface area contributed by atoms with E-state index < -0.39 is 5.82 Å². The Balaban J connectivity index is 2.56. The van der Waals surface area contributed by atoms with Gasteiger partial charge in [-0.2, -0.15) is 0 Å². The van der Waals surface area contributed by atoms with Crippen molar-refractivity contribution in [3.8, 4) is 0 Å². The van der Waals surface area contributed by atoms with Gasteiger partial charge in [0, 0.05) is 11.9 Å². The van der Waals surface area contributed by atoms with E-state index in [0.29, 0.717) is 12.1 Å². The Morgan fingerprint density at radius 1 is 1.44 bits per heavy atom. The van der Waals surface area contributed by atoms with Gasteiger partial charge in [0.25, 0.3) is 5.91 Å². The summed E-state index contributed by atoms with van der Waals surface area (Å²) in [5.74, 6) is -0.767. The van der Waals surface area contributed by atoms with Crippen molar-refractivity contribution in [1.29, 1.82) is 0 Å². The third-order valence-electron chi connectivity index (χ3n) is 2.28. The summed E-state index contributed by atoms with van der Waals surface area (Å²) in [6.07, 6.45) is 1.89. The predicted molar refractivity (Wildman–Crippen MR) is 66.5 cm³/mol. The van der Waals surface area contributed by atoms with Gasteiger partial charge in [0.2, 0.25) is 0 Å². The fraction of sp³-hybridized carbons (Fsp3) is 0.417. The first-order valence-corrected chi connectivity index (χ1v) is 6.38. The Morgan fingerprint density at radius 2 is 2.19 bits per heavy atom. The zero-order chi connectivity index (χ0) is 12.0. The monoisotopic (exact) mass is 287 g/mol. The number of halogens is 2. The number of benzene rings is 1. The molecule has 0 spiro atoms. The van der Waals surface area contributed by atoms with E-state index in [-0.39, 0.29) is 11.5 Å². The molecule has 1 rings (SSSR count). The lowest BCUT2D eigenvalue weighted by molar-refractivity contribution is 0.0949. The second-order valence-electron chi connectivity index (χ2n) is 3.59. The number of nitrogens with one attached hydrogen (secondary N) is 1. The van der Waals surface area contributed by atoms with Crippen LogP contribution in [0.25, 0.3) is 0 Å². The molecular weight excluding hydrogens is 273 g/mol. The van der Waals surface area contributed by atoms with E-state index >= 15 is 0 Å². The van der Waals surface area contributed by atoms with E-state index in [1.165, 1.54) is 6.07 Å². The number of aryl methyl sites for hydroxylation is 1. The van der Waals surface area contributed by atoms with Gasteiger partial charge in [0.1, 0.15) is 5.82 Å². The number of unbranched alkanes of at least 4 members (excludes halogenated alkanes) is 1. The van der Waals surface area contributed by atoms with Crippen molar-refractivity contribution in [2.45, 2.75) is 19.8 Å². The maximum atomic E-state index is 13.6. The highest BCUT2D eigenvalue weighted by atomic mass is 79.9. The van der Waals surface area contributed by atoms with Crippen LogP contribution in [-0.4, -0.2) is 17.8 Å². The van der Waals surface area contributed by atoms with Crippen LogP contribution < -0.4 is 5.32 Å². The Labute approximate surface area is 103 Å². The first-order valence-electron chi connectivity index (χ1n) is 5.26. The van der Waals surface area contributed by atoms with E-state index in [4.69, 9.17) is 0 Å². The summed E-state index contributed by atoms with van der Waals surface area (Å²) in [6.45, 7) is 2.23. The minimum Gasteiger partial charge on any atom is -0.352 e. The van der Waals surface area contributed by atoms with Crippen molar-refractivity contribution in [1.82, 2.24) is 5.32 Å². The summed E-state index contributed by atoms with van der Waals surface area (Å²) in [5.41, 5.74) is 0.618. The molecular formula is C12H15BrFNO. The van der Waals surface area contributed by atoms with Gasteiger partial charge < -0.3 is 5.32 Å². The van der Waals surface area contributed by atoms with Crippen LogP contribution in [-0.2, 0) is 0 Å². The van der Waals surface area contributed by atoms with Crippen LogP contribution in [0.4, 0.5) is 4.39 Å². The second-order valence-corrected chi connectivity index (χ2v) is 4.38. The fourth-order valence-corrected chi connectivity index (χ4v) is 1.74. The minimum absolute atomic E-state index is 0.124. The van der Waals surface area contributed by atoms with Gasteiger partial charge in [-0.3, -0.25) is 4.79 Å². The average molecular weight is 288 g/mol. The van der Waals surface area contributed by atoms with Gasteiger partial charge in [-0.05, 0) is 31.4 Å². The number of amides is 1. The van der Waals surface area contributed by atoms with Crippen molar-refractivity contribution in [2.75, 3.05) is 11.9 Å². The van der Waals surface area contributed by atoms with E-state index in [9.17, 15) is 9.18 Å². The van der Waals surface area contributed by atoms with Crippen molar-refractivity contribution in [3.63, 3.8) is 0 Å². The van der Waals surface area contributed by atoms with E-state index in [1.54, 1.807) is 19.1 Å². The Morgan fingerprint density at radius 3 is 2.88 bits per heavy atom. The van der Waals surface area contributed by atoms with Gasteiger partial charge in [-0.25, -0.2) is 4.39 Å². The highest BCUT2D eigenvalue weighted by Crippen LogP contribution is 2.11. The molecule has 0 aliphatic heterocycles. The van der Waals surface area contributed by atoms with Crippen LogP contribution in [0, 0.1) is 12.7 Å². The molecule has 0 aromatic heterocycles. The lowest BCUT2D eigenvalue weighted by atomic mass is 10.1. The molecule has 1 aromatic rings. The molecule has 0 atom stereocenters. The smallest absolute Gasteiger partial charge is 0.254 e. The largest absolute Gasteiger partial charge is 0.352 e. The Bertz CT molecular complexity index is 368. The highest BCUT2D eigenvalue weighted by Gasteiger charge is 2.11. The number of hydrogen-bond donors (Lipinski definition) is 1. The molecule has 4 heteroatoms. The maximum absolute atomic E-state index is 13.6. The number of carbonyl (C=O) groups is 1. The van der Waals surface area contributed by atoms with Crippen LogP contribution in [0.2, 0.25) is 0 Å². The molecule has 0 radical (unpaired) electrons. The molecule has 0 fully saturated rings. The summed E-state index contributed by atoms with van der Waals surface area (Å²) in [7, 11) is 0. The molecule has 1 amide bonds. The molecule has 0 bridgehead atoms. The van der Waals surface area contributed by atoms with E-state index in [0.717, 1.165) is 18.2 Å². The van der Waals surface area contributed by atoms with Gasteiger partial charge in [-0.15, -0.1) is 0 Å². The molecule has 0 saturated carbocycles. The summed E-state index contributed by atoms with van der Waals surface area (Å²) in [6, 6.07) is 4.84. The summed E-state index contributed by atoms with van der Waals surface area (Å²) >= 11 is 3.31. The molecule has 1 aromatic carbocycles. The Kier molecular flexibility index (Phi) is 5.46. The van der Waals surface area contributed by atoms with Crippen molar-refractivity contribution < 1.29 is 9.18 Å². The summed E-state index contributed by atoms with van der Waals surface area (Å²) in [5, 5.41) is 3.62. The van der Waals surface area contributed by atoms with Crippen molar-refractivity contribution in [3.05, 3.63) is 35.1 Å². The second kappa shape index (κ2) is 6.63. The zero-order valence-corrected chi connectivity index (χ0v) is 10.8. The van der Waals surface area contributed by atoms with Crippen LogP contribution in [0.1, 0.15) is 28.8 Å². The van der Waals surface area contributed by atoms with E-state index in [1.807, 2.05) is 0 Å². The summed E-state index contributed by atoms with van der Waals surface area (Å²) in [4.78, 5) is 11.6. The molecule has 16 heavy (non-hydrogen) atoms.